The number of carbonyl (C=O) groups excluding carboxylic acids is 3. The summed E-state index contributed by atoms with van der Waals surface area (Å²) in [7, 11) is 0. The molecule has 0 saturated heterocycles. The highest BCUT2D eigenvalue weighted by molar-refractivity contribution is 7.20. The number of benzene rings is 2. The maximum absolute atomic E-state index is 13.5. The highest BCUT2D eigenvalue weighted by Gasteiger charge is 2.25. The van der Waals surface area contributed by atoms with E-state index < -0.39 is 6.04 Å². The summed E-state index contributed by atoms with van der Waals surface area (Å²) < 4.78 is 1.31. The zero-order chi connectivity index (χ0) is 26.9. The molecule has 0 aliphatic rings. The average molecular weight is 517 g/mol. The molecule has 2 aromatic carbocycles. The number of nitrogens with zero attached hydrogens (tertiary/aromatic N) is 2. The maximum atomic E-state index is 13.5. The van der Waals surface area contributed by atoms with Gasteiger partial charge in [0, 0.05) is 16.9 Å². The fraction of sp³-hybridized carbons (Fsp3) is 0.250. The molecule has 0 fully saturated rings. The van der Waals surface area contributed by atoms with Crippen molar-refractivity contribution in [3.63, 3.8) is 0 Å². The van der Waals surface area contributed by atoms with E-state index in [4.69, 9.17) is 0 Å². The molecule has 8 nitrogen and oxygen atoms in total. The second-order valence-electron chi connectivity index (χ2n) is 9.01. The largest absolute Gasteiger partial charge is 0.324 e. The number of anilines is 2. The first-order valence-corrected chi connectivity index (χ1v) is 12.7. The number of ketones is 1. The van der Waals surface area contributed by atoms with E-state index in [1.165, 1.54) is 17.8 Å². The van der Waals surface area contributed by atoms with Crippen molar-refractivity contribution >= 4 is 50.5 Å². The third-order valence-electron chi connectivity index (χ3n) is 6.30. The van der Waals surface area contributed by atoms with Gasteiger partial charge >= 0.3 is 0 Å². The number of rotatable bonds is 7. The second-order valence-corrected chi connectivity index (χ2v) is 10.0. The predicted octanol–water partition coefficient (Wildman–Crippen LogP) is 5.43. The molecule has 0 spiro atoms. The highest BCUT2D eigenvalue weighted by atomic mass is 32.1. The van der Waals surface area contributed by atoms with Crippen molar-refractivity contribution in [3.8, 4) is 0 Å². The molecule has 1 unspecified atom stereocenters. The maximum Gasteiger partial charge on any atom is 0.266 e. The fourth-order valence-electron chi connectivity index (χ4n) is 4.23. The lowest BCUT2D eigenvalue weighted by Gasteiger charge is -2.17. The summed E-state index contributed by atoms with van der Waals surface area (Å²) >= 11 is 1.15. The van der Waals surface area contributed by atoms with Crippen LogP contribution in [-0.4, -0.2) is 27.1 Å². The molecule has 0 aliphatic carbocycles. The smallest absolute Gasteiger partial charge is 0.266 e. The first-order valence-electron chi connectivity index (χ1n) is 11.9. The number of aryl methyl sites for hydroxylation is 3. The molecule has 2 amide bonds. The van der Waals surface area contributed by atoms with Crippen molar-refractivity contribution in [1.82, 2.24) is 9.55 Å². The molecule has 0 aliphatic heterocycles. The molecule has 2 N–H and O–H groups in total. The van der Waals surface area contributed by atoms with Gasteiger partial charge in [-0.1, -0.05) is 24.6 Å². The third-order valence-corrected chi connectivity index (χ3v) is 7.49. The predicted molar refractivity (Wildman–Crippen MR) is 147 cm³/mol. The van der Waals surface area contributed by atoms with Gasteiger partial charge in [0.2, 0.25) is 5.91 Å². The van der Waals surface area contributed by atoms with E-state index in [0.29, 0.717) is 44.0 Å². The monoisotopic (exact) mass is 516 g/mol. The van der Waals surface area contributed by atoms with Crippen molar-refractivity contribution in [3.05, 3.63) is 86.3 Å². The Hall–Kier alpha value is -4.11. The van der Waals surface area contributed by atoms with E-state index in [1.807, 2.05) is 39.0 Å². The molecule has 2 heterocycles. The quantitative estimate of drug-likeness (QED) is 0.318. The van der Waals surface area contributed by atoms with Crippen LogP contribution in [0.1, 0.15) is 63.0 Å². The number of carbonyl (C=O) groups is 3. The van der Waals surface area contributed by atoms with Gasteiger partial charge in [-0.25, -0.2) is 4.98 Å². The van der Waals surface area contributed by atoms with Crippen LogP contribution in [-0.2, 0) is 4.79 Å². The average Bonchev–Trinajstić information content (AvgIpc) is 3.20. The van der Waals surface area contributed by atoms with Crippen LogP contribution in [0.2, 0.25) is 0 Å². The molecule has 0 bridgehead atoms. The van der Waals surface area contributed by atoms with Crippen LogP contribution in [0.5, 0.6) is 0 Å². The van der Waals surface area contributed by atoms with E-state index >= 15 is 0 Å². The van der Waals surface area contributed by atoms with Gasteiger partial charge in [0.05, 0.1) is 16.6 Å². The zero-order valence-corrected chi connectivity index (χ0v) is 22.2. The zero-order valence-electron chi connectivity index (χ0n) is 21.3. The Balaban J connectivity index is 1.63. The number of thiophene rings is 1. The van der Waals surface area contributed by atoms with Crippen molar-refractivity contribution < 1.29 is 14.4 Å². The summed E-state index contributed by atoms with van der Waals surface area (Å²) in [5.74, 6) is -0.748. The number of amides is 2. The van der Waals surface area contributed by atoms with Crippen LogP contribution < -0.4 is 16.2 Å². The molecule has 0 radical (unpaired) electrons. The van der Waals surface area contributed by atoms with Crippen LogP contribution >= 0.6 is 11.3 Å². The minimum Gasteiger partial charge on any atom is -0.324 e. The molecule has 4 aromatic rings. The Morgan fingerprint density at radius 1 is 1.03 bits per heavy atom. The van der Waals surface area contributed by atoms with Crippen LogP contribution in [0.25, 0.3) is 10.2 Å². The van der Waals surface area contributed by atoms with Crippen LogP contribution in [0.4, 0.5) is 11.4 Å². The van der Waals surface area contributed by atoms with Crippen LogP contribution in [0.3, 0.4) is 0 Å². The first-order chi connectivity index (χ1) is 17.6. The lowest BCUT2D eigenvalue weighted by atomic mass is 10.1. The summed E-state index contributed by atoms with van der Waals surface area (Å²) in [5, 5.41) is 6.07. The van der Waals surface area contributed by atoms with E-state index in [-0.39, 0.29) is 23.2 Å². The van der Waals surface area contributed by atoms with Crippen LogP contribution in [0, 0.1) is 20.8 Å². The Morgan fingerprint density at radius 2 is 1.73 bits per heavy atom. The summed E-state index contributed by atoms with van der Waals surface area (Å²) in [5.41, 5.74) is 3.97. The molecule has 2 aromatic heterocycles. The van der Waals surface area contributed by atoms with E-state index in [0.717, 1.165) is 22.5 Å². The van der Waals surface area contributed by atoms with Gasteiger partial charge in [0.15, 0.2) is 5.78 Å². The molecule has 190 valence electrons. The summed E-state index contributed by atoms with van der Waals surface area (Å²) in [4.78, 5) is 56.4. The highest BCUT2D eigenvalue weighted by Crippen LogP contribution is 2.29. The lowest BCUT2D eigenvalue weighted by molar-refractivity contribution is -0.119. The third kappa shape index (κ3) is 5.22. The minimum absolute atomic E-state index is 0.0663. The number of nitrogens with one attached hydrogen (secondary N) is 2. The molecular weight excluding hydrogens is 488 g/mol. The van der Waals surface area contributed by atoms with Gasteiger partial charge in [-0.2, -0.15) is 0 Å². The fourth-order valence-corrected chi connectivity index (χ4v) is 5.27. The van der Waals surface area contributed by atoms with Gasteiger partial charge in [-0.05, 0) is 75.6 Å². The molecule has 0 saturated carbocycles. The van der Waals surface area contributed by atoms with Crippen molar-refractivity contribution in [2.24, 2.45) is 0 Å². The topological polar surface area (TPSA) is 110 Å². The Morgan fingerprint density at radius 3 is 2.35 bits per heavy atom. The normalized spacial score (nSPS) is 11.8. The van der Waals surface area contributed by atoms with Gasteiger partial charge in [-0.3, -0.25) is 23.7 Å². The SMILES string of the molecule is CCC(C(=O)Nc1ccc(C(C)=O)cc1)n1cnc2sc(C(=O)Nc3ccc(C)cc3C)c(C)c2c1=O. The molecule has 1 atom stereocenters. The molecule has 9 heteroatoms. The lowest BCUT2D eigenvalue weighted by Crippen LogP contribution is -2.33. The van der Waals surface area contributed by atoms with Crippen molar-refractivity contribution in [2.45, 2.75) is 47.1 Å². The van der Waals surface area contributed by atoms with E-state index in [9.17, 15) is 19.2 Å². The van der Waals surface area contributed by atoms with Crippen molar-refractivity contribution in [2.75, 3.05) is 10.6 Å². The van der Waals surface area contributed by atoms with Gasteiger partial charge in [-0.15, -0.1) is 11.3 Å². The van der Waals surface area contributed by atoms with Gasteiger partial charge < -0.3 is 10.6 Å². The first kappa shape index (κ1) is 26.0. The molecule has 37 heavy (non-hydrogen) atoms. The molecular formula is C28H28N4O4S. The number of Topliss-reactive ketones (excluding diaryl/α,β-unsaturated/α-hetero) is 1. The van der Waals surface area contributed by atoms with Crippen LogP contribution in [0.15, 0.2) is 53.6 Å². The standard InChI is InChI=1S/C28H28N4O4S/c1-6-22(25(34)30-20-10-8-19(9-11-20)18(5)33)32-14-29-27-23(28(32)36)17(4)24(37-27)26(35)31-21-12-7-15(2)13-16(21)3/h7-14,22H,6H2,1-5H3,(H,30,34)(H,31,35). The Labute approximate surface area is 218 Å². The summed E-state index contributed by atoms with van der Waals surface area (Å²) in [6.07, 6.45) is 1.71. The minimum atomic E-state index is -0.802. The summed E-state index contributed by atoms with van der Waals surface area (Å²) in [6.45, 7) is 8.92. The number of aromatic nitrogens is 2. The van der Waals surface area contributed by atoms with Gasteiger partial charge in [0.25, 0.3) is 11.5 Å². The van der Waals surface area contributed by atoms with E-state index in [1.54, 1.807) is 31.2 Å². The van der Waals surface area contributed by atoms with Crippen molar-refractivity contribution in [1.29, 1.82) is 0 Å². The number of fused-ring (bicyclic) bond motifs is 1. The van der Waals surface area contributed by atoms with E-state index in [2.05, 4.69) is 15.6 Å². The number of hydrogen-bond acceptors (Lipinski definition) is 6. The summed E-state index contributed by atoms with van der Waals surface area (Å²) in [6, 6.07) is 11.5. The second kappa shape index (κ2) is 10.5. The Kier molecular flexibility index (Phi) is 7.35. The van der Waals surface area contributed by atoms with Gasteiger partial charge in [0.1, 0.15) is 10.9 Å². The number of hydrogen-bond donors (Lipinski definition) is 2. The Bertz CT molecular complexity index is 1580. The molecule has 4 rings (SSSR count).